The Morgan fingerprint density at radius 2 is 0.927 bits per heavy atom. The van der Waals surface area contributed by atoms with Crippen molar-refractivity contribution in [1.82, 2.24) is 4.98 Å². The maximum Gasteiger partial charge on any atom is 0.227 e. The number of para-hydroxylation sites is 2. The van der Waals surface area contributed by atoms with Crippen LogP contribution in [0.15, 0.2) is 203 Å². The number of rotatable bonds is 6. The van der Waals surface area contributed by atoms with Gasteiger partial charge in [0.2, 0.25) is 5.89 Å². The van der Waals surface area contributed by atoms with Crippen molar-refractivity contribution in [3.63, 3.8) is 0 Å². The van der Waals surface area contributed by atoms with Gasteiger partial charge in [-0.2, -0.15) is 0 Å². The standard InChI is InChI=1S/C51H32N2O2/c1-2-10-33(11-3-1)34-18-23-38(24-19-34)53(39-25-20-35(21-26-39)46-30-36-12-4-5-13-41(36)42-14-6-7-15-43(42)46)40-27-29-45-44-28-22-37(31-49(44)54-50(45)32-40)51-52-47-16-8-9-17-48(47)55-51/h1-32H. The van der Waals surface area contributed by atoms with Crippen LogP contribution in [0, 0.1) is 0 Å². The summed E-state index contributed by atoms with van der Waals surface area (Å²) in [4.78, 5) is 7.01. The minimum absolute atomic E-state index is 0.578. The van der Waals surface area contributed by atoms with Crippen molar-refractivity contribution >= 4 is 71.6 Å². The fourth-order valence-corrected chi connectivity index (χ4v) is 8.00. The van der Waals surface area contributed by atoms with Crippen LogP contribution in [0.2, 0.25) is 0 Å². The number of benzene rings is 9. The van der Waals surface area contributed by atoms with E-state index in [4.69, 9.17) is 13.8 Å². The molecule has 9 aromatic carbocycles. The topological polar surface area (TPSA) is 42.4 Å². The van der Waals surface area contributed by atoms with Crippen LogP contribution in [0.4, 0.5) is 17.1 Å². The molecule has 11 aromatic rings. The third-order valence-electron chi connectivity index (χ3n) is 10.7. The predicted octanol–water partition coefficient (Wildman–Crippen LogP) is 14.5. The number of furan rings is 1. The number of oxazole rings is 1. The van der Waals surface area contributed by atoms with Crippen molar-refractivity contribution in [2.75, 3.05) is 4.90 Å². The van der Waals surface area contributed by atoms with E-state index in [2.05, 4.69) is 169 Å². The van der Waals surface area contributed by atoms with Crippen LogP contribution in [0.3, 0.4) is 0 Å². The second kappa shape index (κ2) is 12.6. The molecule has 2 heterocycles. The summed E-state index contributed by atoms with van der Waals surface area (Å²) in [7, 11) is 0. The predicted molar refractivity (Wildman–Crippen MR) is 227 cm³/mol. The quantitative estimate of drug-likeness (QED) is 0.162. The second-order valence-electron chi connectivity index (χ2n) is 14.0. The lowest BCUT2D eigenvalue weighted by atomic mass is 9.93. The molecule has 2 aromatic heterocycles. The highest BCUT2D eigenvalue weighted by Gasteiger charge is 2.18. The van der Waals surface area contributed by atoms with E-state index in [1.54, 1.807) is 0 Å². The molecule has 0 bridgehead atoms. The summed E-state index contributed by atoms with van der Waals surface area (Å²) in [5.74, 6) is 0.578. The fourth-order valence-electron chi connectivity index (χ4n) is 8.00. The minimum atomic E-state index is 0.578. The van der Waals surface area contributed by atoms with Crippen LogP contribution < -0.4 is 4.90 Å². The molecule has 4 nitrogen and oxygen atoms in total. The van der Waals surface area contributed by atoms with Crippen LogP contribution in [0.25, 0.3) is 88.3 Å². The normalized spacial score (nSPS) is 11.6. The van der Waals surface area contributed by atoms with Gasteiger partial charge in [-0.15, -0.1) is 0 Å². The molecule has 0 aliphatic carbocycles. The molecule has 55 heavy (non-hydrogen) atoms. The first-order valence-corrected chi connectivity index (χ1v) is 18.5. The van der Waals surface area contributed by atoms with E-state index in [1.807, 2.05) is 30.3 Å². The Bertz CT molecular complexity index is 3160. The molecule has 258 valence electrons. The molecule has 4 heteroatoms. The van der Waals surface area contributed by atoms with Crippen LogP contribution in [0.1, 0.15) is 0 Å². The van der Waals surface area contributed by atoms with E-state index in [0.29, 0.717) is 5.89 Å². The number of aromatic nitrogens is 1. The molecule has 0 N–H and O–H groups in total. The van der Waals surface area contributed by atoms with Crippen molar-refractivity contribution in [2.24, 2.45) is 0 Å². The Hall–Kier alpha value is -7.43. The molecule has 0 radical (unpaired) electrons. The molecule has 0 unspecified atom stereocenters. The van der Waals surface area contributed by atoms with Crippen molar-refractivity contribution in [2.45, 2.75) is 0 Å². The Morgan fingerprint density at radius 3 is 1.71 bits per heavy atom. The van der Waals surface area contributed by atoms with E-state index < -0.39 is 0 Å². The highest BCUT2D eigenvalue weighted by molar-refractivity contribution is 6.14. The average molecular weight is 705 g/mol. The monoisotopic (exact) mass is 704 g/mol. The van der Waals surface area contributed by atoms with Gasteiger partial charge in [0.25, 0.3) is 0 Å². The van der Waals surface area contributed by atoms with Gasteiger partial charge in [-0.1, -0.05) is 115 Å². The molecular weight excluding hydrogens is 673 g/mol. The highest BCUT2D eigenvalue weighted by atomic mass is 16.3. The summed E-state index contributed by atoms with van der Waals surface area (Å²) in [6.07, 6.45) is 0. The van der Waals surface area contributed by atoms with Crippen LogP contribution in [-0.2, 0) is 0 Å². The zero-order chi connectivity index (χ0) is 36.3. The lowest BCUT2D eigenvalue weighted by Gasteiger charge is -2.26. The summed E-state index contributed by atoms with van der Waals surface area (Å²) in [5, 5.41) is 7.12. The maximum absolute atomic E-state index is 6.59. The first kappa shape index (κ1) is 31.1. The van der Waals surface area contributed by atoms with Crippen LogP contribution in [0.5, 0.6) is 0 Å². The lowest BCUT2D eigenvalue weighted by molar-refractivity contribution is 0.619. The number of hydrogen-bond donors (Lipinski definition) is 0. The van der Waals surface area contributed by atoms with Gasteiger partial charge in [0, 0.05) is 39.5 Å². The van der Waals surface area contributed by atoms with Gasteiger partial charge in [-0.05, 0) is 117 Å². The number of anilines is 3. The zero-order valence-electron chi connectivity index (χ0n) is 29.7. The van der Waals surface area contributed by atoms with Gasteiger partial charge in [0.05, 0.1) is 0 Å². The van der Waals surface area contributed by atoms with Crippen molar-refractivity contribution in [1.29, 1.82) is 0 Å². The van der Waals surface area contributed by atoms with Gasteiger partial charge >= 0.3 is 0 Å². The SMILES string of the molecule is c1ccc(-c2ccc(N(c3ccc(-c4cc5ccccc5c5ccccc45)cc3)c3ccc4c(c3)oc3cc(-c5nc6ccccc6o5)ccc34)cc2)cc1. The number of fused-ring (bicyclic) bond motifs is 7. The minimum Gasteiger partial charge on any atom is -0.456 e. The summed E-state index contributed by atoms with van der Waals surface area (Å²) >= 11 is 0. The molecule has 0 atom stereocenters. The van der Waals surface area contributed by atoms with E-state index in [1.165, 1.54) is 43.8 Å². The van der Waals surface area contributed by atoms with E-state index in [0.717, 1.165) is 55.7 Å². The molecule has 0 spiro atoms. The van der Waals surface area contributed by atoms with Crippen molar-refractivity contribution in [3.8, 4) is 33.7 Å². The Kier molecular flexibility index (Phi) is 7.14. The lowest BCUT2D eigenvalue weighted by Crippen LogP contribution is -2.09. The number of nitrogens with zero attached hydrogens (tertiary/aromatic N) is 2. The summed E-state index contributed by atoms with van der Waals surface area (Å²) in [5.41, 5.74) is 11.9. The highest BCUT2D eigenvalue weighted by Crippen LogP contribution is 2.42. The molecular formula is C51H32N2O2. The molecule has 0 fully saturated rings. The molecule has 0 aliphatic rings. The van der Waals surface area contributed by atoms with Crippen LogP contribution >= 0.6 is 0 Å². The molecule has 0 saturated heterocycles. The van der Waals surface area contributed by atoms with Crippen molar-refractivity contribution in [3.05, 3.63) is 194 Å². The van der Waals surface area contributed by atoms with Gasteiger partial charge in [0.15, 0.2) is 5.58 Å². The molecule has 0 amide bonds. The van der Waals surface area contributed by atoms with Crippen LogP contribution in [-0.4, -0.2) is 4.98 Å². The molecule has 0 saturated carbocycles. The third kappa shape index (κ3) is 5.34. The number of hydrogen-bond acceptors (Lipinski definition) is 4. The first-order valence-electron chi connectivity index (χ1n) is 18.5. The zero-order valence-corrected chi connectivity index (χ0v) is 29.7. The first-order chi connectivity index (χ1) is 27.2. The van der Waals surface area contributed by atoms with E-state index >= 15 is 0 Å². The van der Waals surface area contributed by atoms with Gasteiger partial charge in [0.1, 0.15) is 16.7 Å². The second-order valence-corrected chi connectivity index (χ2v) is 14.0. The fraction of sp³-hybridized carbons (Fsp3) is 0. The van der Waals surface area contributed by atoms with Gasteiger partial charge in [-0.3, -0.25) is 0 Å². The Balaban J connectivity index is 1.02. The van der Waals surface area contributed by atoms with Gasteiger partial charge < -0.3 is 13.7 Å². The summed E-state index contributed by atoms with van der Waals surface area (Å²) in [6.45, 7) is 0. The Morgan fingerprint density at radius 1 is 0.345 bits per heavy atom. The summed E-state index contributed by atoms with van der Waals surface area (Å²) < 4.78 is 12.7. The molecule has 11 rings (SSSR count). The largest absolute Gasteiger partial charge is 0.456 e. The Labute approximate surface area is 317 Å². The average Bonchev–Trinajstić information content (AvgIpc) is 3.86. The summed E-state index contributed by atoms with van der Waals surface area (Å²) in [6, 6.07) is 68.3. The van der Waals surface area contributed by atoms with E-state index in [9.17, 15) is 0 Å². The molecule has 0 aliphatic heterocycles. The smallest absolute Gasteiger partial charge is 0.227 e. The van der Waals surface area contributed by atoms with Crippen molar-refractivity contribution < 1.29 is 8.83 Å². The third-order valence-corrected chi connectivity index (χ3v) is 10.7. The van der Waals surface area contributed by atoms with Gasteiger partial charge in [-0.25, -0.2) is 4.98 Å². The maximum atomic E-state index is 6.59. The van der Waals surface area contributed by atoms with E-state index in [-0.39, 0.29) is 0 Å².